The predicted molar refractivity (Wildman–Crippen MR) is 77.7 cm³/mol. The minimum atomic E-state index is 0.150. The molecule has 0 aliphatic heterocycles. The zero-order valence-electron chi connectivity index (χ0n) is 13.1. The van der Waals surface area contributed by atoms with Gasteiger partial charge in [-0.25, -0.2) is 0 Å². The Morgan fingerprint density at radius 3 is 2.39 bits per heavy atom. The Morgan fingerprint density at radius 2 is 1.89 bits per heavy atom. The molecular weight excluding hydrogens is 222 g/mol. The molecule has 1 atom stereocenters. The molecule has 0 amide bonds. The van der Waals surface area contributed by atoms with Crippen LogP contribution in [0.5, 0.6) is 0 Å². The highest BCUT2D eigenvalue weighted by Gasteiger charge is 2.15. The molecule has 1 N–H and O–H groups in total. The molecule has 1 rings (SSSR count). The molecule has 0 saturated heterocycles. The second-order valence-corrected chi connectivity index (χ2v) is 6.45. The minimum Gasteiger partial charge on any atom is -0.308 e. The Balaban J connectivity index is 2.81. The predicted octanol–water partition coefficient (Wildman–Crippen LogP) is 3.43. The number of aryl methyl sites for hydroxylation is 1. The molecule has 1 heterocycles. The van der Waals surface area contributed by atoms with Gasteiger partial charge in [-0.05, 0) is 40.5 Å². The lowest BCUT2D eigenvalue weighted by molar-refractivity contribution is 0.419. The maximum absolute atomic E-state index is 4.68. The molecule has 0 aromatic carbocycles. The Hall–Kier alpha value is -0.830. The molecule has 0 aliphatic carbocycles. The van der Waals surface area contributed by atoms with Crippen LogP contribution in [-0.4, -0.2) is 15.3 Å². The van der Waals surface area contributed by atoms with Crippen LogP contribution in [0.4, 0.5) is 0 Å². The van der Waals surface area contributed by atoms with Crippen LogP contribution < -0.4 is 5.32 Å². The van der Waals surface area contributed by atoms with Crippen LogP contribution in [0.1, 0.15) is 58.0 Å². The molecule has 0 saturated carbocycles. The van der Waals surface area contributed by atoms with Crippen LogP contribution in [0.3, 0.4) is 0 Å². The second kappa shape index (κ2) is 5.87. The summed E-state index contributed by atoms with van der Waals surface area (Å²) in [5.41, 5.74) is 3.97. The van der Waals surface area contributed by atoms with E-state index in [9.17, 15) is 0 Å². The zero-order chi connectivity index (χ0) is 13.9. The molecular formula is C15H29N3. The van der Waals surface area contributed by atoms with Gasteiger partial charge in [0.1, 0.15) is 0 Å². The first-order valence-electron chi connectivity index (χ1n) is 7.02. The fourth-order valence-electron chi connectivity index (χ4n) is 1.95. The molecule has 3 nitrogen and oxygen atoms in total. The fourth-order valence-corrected chi connectivity index (χ4v) is 1.95. The molecule has 18 heavy (non-hydrogen) atoms. The molecule has 1 aromatic heterocycles. The Kier molecular flexibility index (Phi) is 4.97. The van der Waals surface area contributed by atoms with Crippen molar-refractivity contribution >= 4 is 0 Å². The highest BCUT2D eigenvalue weighted by molar-refractivity contribution is 5.24. The van der Waals surface area contributed by atoms with E-state index in [4.69, 9.17) is 0 Å². The van der Waals surface area contributed by atoms with Crippen molar-refractivity contribution in [3.8, 4) is 0 Å². The molecule has 0 bridgehead atoms. The SMILES string of the molecule is CCC(C)Cn1nc(C)c(CNC(C)(C)C)c1C. The van der Waals surface area contributed by atoms with Crippen molar-refractivity contribution in [2.24, 2.45) is 5.92 Å². The van der Waals surface area contributed by atoms with E-state index in [-0.39, 0.29) is 5.54 Å². The lowest BCUT2D eigenvalue weighted by Crippen LogP contribution is -2.35. The average molecular weight is 251 g/mol. The maximum atomic E-state index is 4.68. The van der Waals surface area contributed by atoms with Crippen molar-refractivity contribution < 1.29 is 0 Å². The van der Waals surface area contributed by atoms with E-state index < -0.39 is 0 Å². The van der Waals surface area contributed by atoms with E-state index in [2.05, 4.69) is 63.6 Å². The maximum Gasteiger partial charge on any atom is 0.0641 e. The van der Waals surface area contributed by atoms with Crippen molar-refractivity contribution in [2.75, 3.05) is 0 Å². The average Bonchev–Trinajstić information content (AvgIpc) is 2.50. The van der Waals surface area contributed by atoms with E-state index in [1.165, 1.54) is 17.7 Å². The third-order valence-electron chi connectivity index (χ3n) is 3.51. The molecule has 3 heteroatoms. The summed E-state index contributed by atoms with van der Waals surface area (Å²) in [7, 11) is 0. The zero-order valence-corrected chi connectivity index (χ0v) is 13.1. The molecule has 0 spiro atoms. The molecule has 0 radical (unpaired) electrons. The van der Waals surface area contributed by atoms with Gasteiger partial charge in [0.05, 0.1) is 5.69 Å². The van der Waals surface area contributed by atoms with E-state index in [0.717, 1.165) is 18.8 Å². The topological polar surface area (TPSA) is 29.9 Å². The van der Waals surface area contributed by atoms with Crippen molar-refractivity contribution in [1.29, 1.82) is 0 Å². The van der Waals surface area contributed by atoms with Gasteiger partial charge < -0.3 is 5.32 Å². The van der Waals surface area contributed by atoms with Gasteiger partial charge in [0.25, 0.3) is 0 Å². The summed E-state index contributed by atoms with van der Waals surface area (Å²) >= 11 is 0. The largest absolute Gasteiger partial charge is 0.308 e. The summed E-state index contributed by atoms with van der Waals surface area (Å²) in [6.07, 6.45) is 1.20. The minimum absolute atomic E-state index is 0.150. The molecule has 0 aliphatic rings. The summed E-state index contributed by atoms with van der Waals surface area (Å²) in [6.45, 7) is 17.3. The van der Waals surface area contributed by atoms with Gasteiger partial charge in [-0.3, -0.25) is 4.68 Å². The van der Waals surface area contributed by atoms with Crippen LogP contribution in [-0.2, 0) is 13.1 Å². The van der Waals surface area contributed by atoms with Crippen LogP contribution in [0.15, 0.2) is 0 Å². The van der Waals surface area contributed by atoms with Gasteiger partial charge in [-0.15, -0.1) is 0 Å². The number of nitrogens with one attached hydrogen (secondary N) is 1. The van der Waals surface area contributed by atoms with Crippen LogP contribution in [0.25, 0.3) is 0 Å². The molecule has 104 valence electrons. The van der Waals surface area contributed by atoms with E-state index in [1.807, 2.05) is 0 Å². The van der Waals surface area contributed by atoms with Crippen molar-refractivity contribution in [3.63, 3.8) is 0 Å². The first-order valence-corrected chi connectivity index (χ1v) is 7.02. The fraction of sp³-hybridized carbons (Fsp3) is 0.800. The summed E-state index contributed by atoms with van der Waals surface area (Å²) in [5, 5.41) is 8.22. The lowest BCUT2D eigenvalue weighted by Gasteiger charge is -2.20. The molecule has 0 fully saturated rings. The number of hydrogen-bond acceptors (Lipinski definition) is 2. The smallest absolute Gasteiger partial charge is 0.0641 e. The second-order valence-electron chi connectivity index (χ2n) is 6.45. The van der Waals surface area contributed by atoms with Crippen molar-refractivity contribution in [1.82, 2.24) is 15.1 Å². The van der Waals surface area contributed by atoms with Gasteiger partial charge >= 0.3 is 0 Å². The van der Waals surface area contributed by atoms with E-state index in [1.54, 1.807) is 0 Å². The van der Waals surface area contributed by atoms with E-state index in [0.29, 0.717) is 5.92 Å². The van der Waals surface area contributed by atoms with Crippen molar-refractivity contribution in [3.05, 3.63) is 17.0 Å². The lowest BCUT2D eigenvalue weighted by atomic mass is 10.1. The third kappa shape index (κ3) is 4.13. The van der Waals surface area contributed by atoms with E-state index >= 15 is 0 Å². The van der Waals surface area contributed by atoms with Gasteiger partial charge in [-0.1, -0.05) is 20.3 Å². The Morgan fingerprint density at radius 1 is 1.28 bits per heavy atom. The Bertz CT molecular complexity index is 385. The van der Waals surface area contributed by atoms with Gasteiger partial charge in [0.15, 0.2) is 0 Å². The Labute approximate surface area is 112 Å². The number of rotatable bonds is 5. The standard InChI is InChI=1S/C15H29N3/c1-8-11(2)10-18-13(4)14(12(3)17-18)9-16-15(5,6)7/h11,16H,8-10H2,1-7H3. The van der Waals surface area contributed by atoms with Crippen molar-refractivity contribution in [2.45, 2.75) is 73.5 Å². The molecule has 1 unspecified atom stereocenters. The highest BCUT2D eigenvalue weighted by Crippen LogP contribution is 2.16. The quantitative estimate of drug-likeness (QED) is 0.869. The third-order valence-corrected chi connectivity index (χ3v) is 3.51. The van der Waals surface area contributed by atoms with Gasteiger partial charge in [-0.2, -0.15) is 5.10 Å². The highest BCUT2D eigenvalue weighted by atomic mass is 15.3. The monoisotopic (exact) mass is 251 g/mol. The van der Waals surface area contributed by atoms with Crippen LogP contribution in [0, 0.1) is 19.8 Å². The number of nitrogens with zero attached hydrogens (tertiary/aromatic N) is 2. The first-order chi connectivity index (χ1) is 8.24. The summed E-state index contributed by atoms with van der Waals surface area (Å²) in [5.74, 6) is 0.687. The van der Waals surface area contributed by atoms with Crippen LogP contribution >= 0.6 is 0 Å². The summed E-state index contributed by atoms with van der Waals surface area (Å²) in [4.78, 5) is 0. The summed E-state index contributed by atoms with van der Waals surface area (Å²) in [6, 6.07) is 0. The normalized spacial score (nSPS) is 13.9. The first kappa shape index (κ1) is 15.2. The summed E-state index contributed by atoms with van der Waals surface area (Å²) < 4.78 is 2.17. The number of aromatic nitrogens is 2. The molecule has 1 aromatic rings. The van der Waals surface area contributed by atoms with Gasteiger partial charge in [0, 0.05) is 29.9 Å². The van der Waals surface area contributed by atoms with Crippen LogP contribution in [0.2, 0.25) is 0 Å². The van der Waals surface area contributed by atoms with Gasteiger partial charge in [0.2, 0.25) is 0 Å². The number of hydrogen-bond donors (Lipinski definition) is 1.